The highest BCUT2D eigenvalue weighted by atomic mass is 35.5. The molecule has 4 rings (SSSR count). The molecule has 1 saturated heterocycles. The van der Waals surface area contributed by atoms with Crippen LogP contribution in [0.4, 0.5) is 5.69 Å². The van der Waals surface area contributed by atoms with Crippen LogP contribution in [0.1, 0.15) is 16.7 Å². The highest BCUT2D eigenvalue weighted by Crippen LogP contribution is 2.27. The molecule has 0 radical (unpaired) electrons. The molecule has 0 spiro atoms. The van der Waals surface area contributed by atoms with Crippen LogP contribution in [0.3, 0.4) is 0 Å². The largest absolute Gasteiger partial charge is 0.489 e. The van der Waals surface area contributed by atoms with Gasteiger partial charge in [-0.1, -0.05) is 17.7 Å². The number of hydrogen-bond acceptors (Lipinski definition) is 6. The van der Waals surface area contributed by atoms with Gasteiger partial charge in [-0.15, -0.1) is 0 Å². The number of nitrogens with one attached hydrogen (secondary N) is 1. The summed E-state index contributed by atoms with van der Waals surface area (Å²) < 4.78 is 33.8. The average Bonchev–Trinajstić information content (AvgIpc) is 2.83. The van der Waals surface area contributed by atoms with Gasteiger partial charge in [0.05, 0.1) is 16.8 Å². The van der Waals surface area contributed by atoms with Crippen LogP contribution in [-0.2, 0) is 14.8 Å². The molecule has 0 unspecified atom stereocenters. The number of carbonyl (C=O) groups excluding carboxylic acids is 1. The van der Waals surface area contributed by atoms with Crippen molar-refractivity contribution in [3.63, 3.8) is 0 Å². The Labute approximate surface area is 220 Å². The van der Waals surface area contributed by atoms with E-state index in [1.54, 1.807) is 12.1 Å². The van der Waals surface area contributed by atoms with Gasteiger partial charge < -0.3 is 4.74 Å². The fourth-order valence-electron chi connectivity index (χ4n) is 3.38. The van der Waals surface area contributed by atoms with Gasteiger partial charge in [0.25, 0.3) is 15.9 Å². The zero-order valence-corrected chi connectivity index (χ0v) is 22.2. The zero-order valence-electron chi connectivity index (χ0n) is 19.8. The normalized spacial score (nSPS) is 13.9. The number of nitrogens with zero attached hydrogens (tertiary/aromatic N) is 2. The van der Waals surface area contributed by atoms with Crippen molar-refractivity contribution in [2.45, 2.75) is 24.8 Å². The average molecular weight is 544 g/mol. The third-order valence-electron chi connectivity index (χ3n) is 5.66. The van der Waals surface area contributed by atoms with Gasteiger partial charge in [-0.25, -0.2) is 13.8 Å². The molecule has 3 aromatic rings. The fraction of sp³-hybridized carbons (Fsp3) is 0.231. The maximum atomic E-state index is 13.5. The fourth-order valence-corrected chi connectivity index (χ4v) is 5.48. The number of thioether (sulfide) groups is 1. The van der Waals surface area contributed by atoms with E-state index in [-0.39, 0.29) is 11.0 Å². The summed E-state index contributed by atoms with van der Waals surface area (Å²) in [5, 5.41) is 4.41. The molecule has 10 heteroatoms. The lowest BCUT2D eigenvalue weighted by molar-refractivity contribution is -0.119. The van der Waals surface area contributed by atoms with Gasteiger partial charge in [0.1, 0.15) is 18.4 Å². The lowest BCUT2D eigenvalue weighted by Gasteiger charge is -2.25. The first-order valence-corrected chi connectivity index (χ1v) is 14.2. The van der Waals surface area contributed by atoms with Crippen molar-refractivity contribution < 1.29 is 17.9 Å². The molecular formula is C26H26ClN3O4S2. The van der Waals surface area contributed by atoms with Gasteiger partial charge in [-0.05, 0) is 91.2 Å². The molecular weight excluding hydrogens is 518 g/mol. The minimum Gasteiger partial charge on any atom is -0.489 e. The van der Waals surface area contributed by atoms with Crippen molar-refractivity contribution in [1.29, 1.82) is 0 Å². The van der Waals surface area contributed by atoms with Crippen LogP contribution in [0.15, 0.2) is 76.7 Å². The Morgan fingerprint density at radius 3 is 2.39 bits per heavy atom. The second-order valence-electron chi connectivity index (χ2n) is 8.37. The third-order valence-corrected chi connectivity index (χ3v) is 8.92. The molecule has 1 aliphatic rings. The van der Waals surface area contributed by atoms with Crippen LogP contribution in [0.5, 0.6) is 5.75 Å². The Bertz CT molecular complexity index is 1360. The molecule has 188 valence electrons. The molecule has 0 saturated carbocycles. The number of carbonyl (C=O) groups is 1. The van der Waals surface area contributed by atoms with Crippen LogP contribution >= 0.6 is 23.4 Å². The summed E-state index contributed by atoms with van der Waals surface area (Å²) in [5.41, 5.74) is 5.50. The van der Waals surface area contributed by atoms with Crippen molar-refractivity contribution >= 4 is 51.2 Å². The van der Waals surface area contributed by atoms with Crippen LogP contribution in [-0.4, -0.2) is 44.7 Å². The Balaban J connectivity index is 1.47. The van der Waals surface area contributed by atoms with E-state index in [1.807, 2.05) is 55.9 Å². The summed E-state index contributed by atoms with van der Waals surface area (Å²) in [7, 11) is -4.04. The van der Waals surface area contributed by atoms with E-state index in [0.717, 1.165) is 38.3 Å². The Morgan fingerprint density at radius 2 is 1.78 bits per heavy atom. The van der Waals surface area contributed by atoms with Gasteiger partial charge in [-0.2, -0.15) is 16.9 Å². The van der Waals surface area contributed by atoms with E-state index in [2.05, 4.69) is 10.5 Å². The summed E-state index contributed by atoms with van der Waals surface area (Å²) in [6, 6.07) is 18.5. The minimum absolute atomic E-state index is 0.0317. The summed E-state index contributed by atoms with van der Waals surface area (Å²) >= 11 is 7.79. The number of hydrazone groups is 1. The molecule has 0 aromatic heterocycles. The van der Waals surface area contributed by atoms with Gasteiger partial charge >= 0.3 is 0 Å². The van der Waals surface area contributed by atoms with Crippen molar-refractivity contribution in [2.75, 3.05) is 22.4 Å². The molecule has 7 nitrogen and oxygen atoms in total. The standard InChI is InChI=1S/C26H26ClN3O4S2/c1-18-3-8-22(13-19(18)2)30(36(32,33)25-11-6-21(27)7-12-25)15-26(31)29-28-14-20-4-9-23(10-5-20)34-24-16-35-17-24/h3-14,24H,15-17H2,1-2H3,(H,29,31)/b28-14-. The molecule has 0 aliphatic carbocycles. The molecule has 1 fully saturated rings. The van der Waals surface area contributed by atoms with E-state index in [9.17, 15) is 13.2 Å². The first kappa shape index (κ1) is 26.1. The van der Waals surface area contributed by atoms with Crippen LogP contribution in [0.2, 0.25) is 5.02 Å². The number of hydrogen-bond donors (Lipinski definition) is 1. The van der Waals surface area contributed by atoms with Crippen LogP contribution < -0.4 is 14.5 Å². The molecule has 1 amide bonds. The van der Waals surface area contributed by atoms with Crippen LogP contribution in [0, 0.1) is 13.8 Å². The lowest BCUT2D eigenvalue weighted by atomic mass is 10.1. The predicted molar refractivity (Wildman–Crippen MR) is 146 cm³/mol. The molecule has 36 heavy (non-hydrogen) atoms. The maximum Gasteiger partial charge on any atom is 0.264 e. The van der Waals surface area contributed by atoms with Gasteiger partial charge in [0.15, 0.2) is 0 Å². The SMILES string of the molecule is Cc1ccc(N(CC(=O)N/N=C\c2ccc(OC3CSC3)cc2)S(=O)(=O)c2ccc(Cl)cc2)cc1C. The van der Waals surface area contributed by atoms with Crippen molar-refractivity contribution in [3.05, 3.63) is 88.4 Å². The highest BCUT2D eigenvalue weighted by molar-refractivity contribution is 8.00. The number of ether oxygens (including phenoxy) is 1. The Hall–Kier alpha value is -3.01. The van der Waals surface area contributed by atoms with Gasteiger partial charge in [-0.3, -0.25) is 9.10 Å². The van der Waals surface area contributed by atoms with E-state index in [1.165, 1.54) is 30.5 Å². The van der Waals surface area contributed by atoms with E-state index >= 15 is 0 Å². The molecule has 1 aliphatic heterocycles. The number of amides is 1. The molecule has 1 N–H and O–H groups in total. The topological polar surface area (TPSA) is 88.1 Å². The second kappa shape index (κ2) is 11.4. The van der Waals surface area contributed by atoms with Crippen LogP contribution in [0.25, 0.3) is 0 Å². The van der Waals surface area contributed by atoms with Gasteiger partial charge in [0, 0.05) is 16.5 Å². The summed E-state index contributed by atoms with van der Waals surface area (Å²) in [6.45, 7) is 3.37. The van der Waals surface area contributed by atoms with Crippen molar-refractivity contribution in [1.82, 2.24) is 5.43 Å². The summed E-state index contributed by atoms with van der Waals surface area (Å²) in [4.78, 5) is 12.8. The first-order chi connectivity index (χ1) is 17.2. The minimum atomic E-state index is -4.04. The van der Waals surface area contributed by atoms with E-state index in [0.29, 0.717) is 10.7 Å². The lowest BCUT2D eigenvalue weighted by Crippen LogP contribution is -2.39. The first-order valence-electron chi connectivity index (χ1n) is 11.2. The number of sulfonamides is 1. The number of benzene rings is 3. The maximum absolute atomic E-state index is 13.5. The summed E-state index contributed by atoms with van der Waals surface area (Å²) in [5.74, 6) is 2.21. The summed E-state index contributed by atoms with van der Waals surface area (Å²) in [6.07, 6.45) is 1.76. The zero-order chi connectivity index (χ0) is 25.7. The smallest absolute Gasteiger partial charge is 0.264 e. The number of anilines is 1. The molecule has 1 heterocycles. The molecule has 3 aromatic carbocycles. The van der Waals surface area contributed by atoms with Crippen molar-refractivity contribution in [2.24, 2.45) is 5.10 Å². The Morgan fingerprint density at radius 1 is 1.08 bits per heavy atom. The van der Waals surface area contributed by atoms with Crippen molar-refractivity contribution in [3.8, 4) is 5.75 Å². The highest BCUT2D eigenvalue weighted by Gasteiger charge is 2.27. The monoisotopic (exact) mass is 543 g/mol. The third kappa shape index (κ3) is 6.40. The second-order valence-corrected chi connectivity index (χ2v) is 11.7. The predicted octanol–water partition coefficient (Wildman–Crippen LogP) is 4.80. The Kier molecular flexibility index (Phi) is 8.23. The van der Waals surface area contributed by atoms with Gasteiger partial charge in [0.2, 0.25) is 0 Å². The number of halogens is 1. The molecule has 0 bridgehead atoms. The number of rotatable bonds is 9. The quantitative estimate of drug-likeness (QED) is 0.309. The molecule has 0 atom stereocenters. The van der Waals surface area contributed by atoms with E-state index in [4.69, 9.17) is 16.3 Å². The van der Waals surface area contributed by atoms with E-state index < -0.39 is 22.5 Å². The number of aryl methyl sites for hydroxylation is 2.